The fourth-order valence-corrected chi connectivity index (χ4v) is 0. The van der Waals surface area contributed by atoms with Gasteiger partial charge in [-0.15, -0.1) is 6.08 Å². The highest BCUT2D eigenvalue weighted by atomic mass is 16.2. The van der Waals surface area contributed by atoms with Gasteiger partial charge in [-0.05, 0) is 6.92 Å². The third kappa shape index (κ3) is 1.54. The Morgan fingerprint density at radius 2 is 2.00 bits per heavy atom. The van der Waals surface area contributed by atoms with E-state index >= 15 is 0 Å². The van der Waals surface area contributed by atoms with Gasteiger partial charge in [-0.1, -0.05) is 0 Å². The van der Waals surface area contributed by atoms with Crippen LogP contribution in [0.2, 0.25) is 0 Å². The van der Waals surface area contributed by atoms with Crippen LogP contribution in [0.15, 0.2) is 12.3 Å². The Morgan fingerprint density at radius 1 is 1.75 bits per heavy atom. The average molecular weight is 57.1 g/mol. The molecule has 24 valence electrons. The van der Waals surface area contributed by atoms with Gasteiger partial charge in [-0.3, -0.25) is 0 Å². The normalized spacial score (nSPS) is 9.25. The topological polar surface area (TPSA) is 23.1 Å². The van der Waals surface area contributed by atoms with Crippen LogP contribution in [0.4, 0.5) is 0 Å². The van der Waals surface area contributed by atoms with Crippen molar-refractivity contribution in [1.82, 2.24) is 0 Å². The van der Waals surface area contributed by atoms with Gasteiger partial charge in [-0.2, -0.15) is 6.26 Å². The van der Waals surface area contributed by atoms with Gasteiger partial charge in [-0.25, -0.2) is 0 Å². The first-order valence-electron chi connectivity index (χ1n) is 1.15. The standard InChI is InChI=1S/C3H6O/c1-2-3-4/h2-4H,1H3/p-1. The van der Waals surface area contributed by atoms with E-state index in [1.54, 1.807) is 6.92 Å². The molecule has 0 aliphatic carbocycles. The maximum absolute atomic E-state index is 9.12. The van der Waals surface area contributed by atoms with Crippen LogP contribution in [0.3, 0.4) is 0 Å². The molecule has 0 aromatic carbocycles. The second-order valence-electron chi connectivity index (χ2n) is 0.469. The van der Waals surface area contributed by atoms with Gasteiger partial charge in [0.05, 0.1) is 0 Å². The highest BCUT2D eigenvalue weighted by Crippen LogP contribution is 1.46. The fourth-order valence-electron chi connectivity index (χ4n) is 0. The SMILES string of the molecule is CC=C[O-]. The second kappa shape index (κ2) is 2.54. The number of hydrogen-bond donors (Lipinski definition) is 0. The Balaban J connectivity index is 2.55. The molecule has 0 bridgehead atoms. The van der Waals surface area contributed by atoms with Gasteiger partial charge >= 0.3 is 0 Å². The molecule has 1 heteroatoms. The van der Waals surface area contributed by atoms with E-state index in [4.69, 9.17) is 5.11 Å². The van der Waals surface area contributed by atoms with Gasteiger partial charge in [0.1, 0.15) is 0 Å². The van der Waals surface area contributed by atoms with Gasteiger partial charge < -0.3 is 5.11 Å². The van der Waals surface area contributed by atoms with Crippen LogP contribution in [-0.4, -0.2) is 0 Å². The quantitative estimate of drug-likeness (QED) is 0.355. The van der Waals surface area contributed by atoms with E-state index < -0.39 is 0 Å². The zero-order valence-corrected chi connectivity index (χ0v) is 2.56. The molecule has 0 aromatic rings. The summed E-state index contributed by atoms with van der Waals surface area (Å²) in [6, 6.07) is 0. The molecule has 0 fully saturated rings. The van der Waals surface area contributed by atoms with Crippen LogP contribution in [0.25, 0.3) is 0 Å². The third-order valence-electron chi connectivity index (χ3n) is 0.136. The molecule has 0 aliphatic heterocycles. The predicted molar refractivity (Wildman–Crippen MR) is 14.8 cm³/mol. The predicted octanol–water partition coefficient (Wildman–Crippen LogP) is -0.120. The van der Waals surface area contributed by atoms with Crippen LogP contribution in [-0.2, 0) is 0 Å². The summed E-state index contributed by atoms with van der Waals surface area (Å²) >= 11 is 0. The van der Waals surface area contributed by atoms with E-state index in [1.165, 1.54) is 6.08 Å². The molecule has 0 saturated heterocycles. The molecule has 0 amide bonds. The third-order valence-corrected chi connectivity index (χ3v) is 0.136. The average Bonchev–Trinajstić information content (AvgIpc) is 1.37. The highest BCUT2D eigenvalue weighted by molar-refractivity contribution is 4.58. The van der Waals surface area contributed by atoms with Crippen molar-refractivity contribution in [3.05, 3.63) is 12.3 Å². The summed E-state index contributed by atoms with van der Waals surface area (Å²) in [7, 11) is 0. The molecule has 0 saturated carbocycles. The van der Waals surface area contributed by atoms with E-state index in [1.807, 2.05) is 0 Å². The minimum Gasteiger partial charge on any atom is -0.878 e. The molecule has 0 heterocycles. The molecule has 0 unspecified atom stereocenters. The maximum Gasteiger partial charge on any atom is -0.0479 e. The van der Waals surface area contributed by atoms with E-state index in [0.29, 0.717) is 0 Å². The lowest BCUT2D eigenvalue weighted by Crippen LogP contribution is -1.81. The summed E-state index contributed by atoms with van der Waals surface area (Å²) in [5.41, 5.74) is 0. The minimum absolute atomic E-state index is 0.750. The Hall–Kier alpha value is -0.460. The summed E-state index contributed by atoms with van der Waals surface area (Å²) in [4.78, 5) is 0. The molecule has 0 rings (SSSR count). The molecule has 0 radical (unpaired) electrons. The van der Waals surface area contributed by atoms with Crippen LogP contribution >= 0.6 is 0 Å². The molecule has 0 aliphatic rings. The number of rotatable bonds is 0. The van der Waals surface area contributed by atoms with E-state index in [2.05, 4.69) is 0 Å². The number of allylic oxidation sites excluding steroid dienone is 1. The molecule has 0 atom stereocenters. The Bertz CT molecular complexity index is 18.5. The largest absolute Gasteiger partial charge is 0.878 e. The van der Waals surface area contributed by atoms with Crippen molar-refractivity contribution in [2.24, 2.45) is 0 Å². The van der Waals surface area contributed by atoms with Crippen LogP contribution in [0.1, 0.15) is 6.92 Å². The van der Waals surface area contributed by atoms with Crippen LogP contribution in [0, 0.1) is 0 Å². The number of hydrogen-bond acceptors (Lipinski definition) is 1. The fraction of sp³-hybridized carbons (Fsp3) is 0.333. The summed E-state index contributed by atoms with van der Waals surface area (Å²) in [6.07, 6.45) is 2.19. The zero-order valence-electron chi connectivity index (χ0n) is 2.56. The lowest BCUT2D eigenvalue weighted by atomic mass is 10.8. The van der Waals surface area contributed by atoms with Crippen molar-refractivity contribution >= 4 is 0 Å². The Kier molecular flexibility index (Phi) is 2.25. The minimum atomic E-state index is 0.750. The maximum atomic E-state index is 9.12. The molecule has 4 heavy (non-hydrogen) atoms. The zero-order chi connectivity index (χ0) is 3.41. The summed E-state index contributed by atoms with van der Waals surface area (Å²) in [5.74, 6) is 0. The Morgan fingerprint density at radius 3 is 2.00 bits per heavy atom. The Labute approximate surface area is 25.6 Å². The van der Waals surface area contributed by atoms with Gasteiger partial charge in [0.2, 0.25) is 0 Å². The molecule has 1 nitrogen and oxygen atoms in total. The summed E-state index contributed by atoms with van der Waals surface area (Å²) in [6.45, 7) is 1.69. The molecule has 0 N–H and O–H groups in total. The van der Waals surface area contributed by atoms with Crippen LogP contribution < -0.4 is 5.11 Å². The van der Waals surface area contributed by atoms with Gasteiger partial charge in [0.15, 0.2) is 0 Å². The lowest BCUT2D eigenvalue weighted by Gasteiger charge is -1.76. The van der Waals surface area contributed by atoms with Crippen LogP contribution in [0.5, 0.6) is 0 Å². The highest BCUT2D eigenvalue weighted by Gasteiger charge is 1.23. The van der Waals surface area contributed by atoms with Crippen molar-refractivity contribution < 1.29 is 5.11 Å². The van der Waals surface area contributed by atoms with Crippen molar-refractivity contribution in [3.8, 4) is 0 Å². The molecule has 0 spiro atoms. The first-order chi connectivity index (χ1) is 1.91. The van der Waals surface area contributed by atoms with Crippen molar-refractivity contribution in [2.45, 2.75) is 6.92 Å². The first-order valence-corrected chi connectivity index (χ1v) is 1.15. The van der Waals surface area contributed by atoms with Crippen molar-refractivity contribution in [1.29, 1.82) is 0 Å². The van der Waals surface area contributed by atoms with Gasteiger partial charge in [0, 0.05) is 0 Å². The monoisotopic (exact) mass is 57.0 g/mol. The molecular weight excluding hydrogens is 52.0 g/mol. The molecule has 0 aromatic heterocycles. The van der Waals surface area contributed by atoms with Gasteiger partial charge in [0.25, 0.3) is 0 Å². The smallest absolute Gasteiger partial charge is 0.0479 e. The van der Waals surface area contributed by atoms with E-state index in [0.717, 1.165) is 6.26 Å². The second-order valence-corrected chi connectivity index (χ2v) is 0.469. The van der Waals surface area contributed by atoms with Crippen molar-refractivity contribution in [2.75, 3.05) is 0 Å². The summed E-state index contributed by atoms with van der Waals surface area (Å²) < 4.78 is 0. The summed E-state index contributed by atoms with van der Waals surface area (Å²) in [5, 5.41) is 9.12. The molecular formula is C3H5O-. The first kappa shape index (κ1) is 3.54. The van der Waals surface area contributed by atoms with E-state index in [-0.39, 0.29) is 0 Å². The lowest BCUT2D eigenvalue weighted by molar-refractivity contribution is -0.275. The van der Waals surface area contributed by atoms with Crippen molar-refractivity contribution in [3.63, 3.8) is 0 Å². The van der Waals surface area contributed by atoms with E-state index in [9.17, 15) is 0 Å².